The van der Waals surface area contributed by atoms with Crippen LogP contribution in [0, 0.1) is 0 Å². The third-order valence-electron chi connectivity index (χ3n) is 6.61. The van der Waals surface area contributed by atoms with Crippen LogP contribution in [0.5, 0.6) is 0 Å². The number of aliphatic carboxylic acids is 2. The first-order valence-electron chi connectivity index (χ1n) is 14.3. The number of carboxylic acids is 2. The Morgan fingerprint density at radius 3 is 1.78 bits per heavy atom. The molecule has 250 valence electrons. The number of aliphatic hydroxyl groups excluding tert-OH is 1. The van der Waals surface area contributed by atoms with E-state index in [0.29, 0.717) is 31.4 Å². The Hall–Kier alpha value is -4.61. The topological polar surface area (TPSA) is 306 Å². The van der Waals surface area contributed by atoms with Gasteiger partial charge >= 0.3 is 11.9 Å². The van der Waals surface area contributed by atoms with Gasteiger partial charge in [0.1, 0.15) is 24.2 Å². The summed E-state index contributed by atoms with van der Waals surface area (Å²) in [6, 6.07) is 1.67. The molecular weight excluding hydrogens is 594 g/mol. The number of primary amides is 1. The molecule has 0 aliphatic heterocycles. The van der Waals surface area contributed by atoms with Crippen molar-refractivity contribution in [2.24, 2.45) is 17.2 Å². The van der Waals surface area contributed by atoms with Gasteiger partial charge in [-0.2, -0.15) is 0 Å². The van der Waals surface area contributed by atoms with E-state index >= 15 is 0 Å². The number of aliphatic hydroxyl groups is 1. The Labute approximate surface area is 259 Å². The smallest absolute Gasteiger partial charge is 0.326 e. The zero-order valence-corrected chi connectivity index (χ0v) is 24.8. The molecule has 0 saturated carbocycles. The number of carboxylic acid groups (broad SMARTS) is 2. The van der Waals surface area contributed by atoms with Gasteiger partial charge in [0.15, 0.2) is 0 Å². The SMILES string of the molecule is NCCCC[C@H](N)C(=O)N[C@@H](Cc1ccccc1)C(=O)N[C@@H](CCC(N)=O)C(=O)N[C@@H](CO)C(=O)N[C@@H](CCC(=O)O)C(=O)O. The van der Waals surface area contributed by atoms with Crippen LogP contribution in [0.4, 0.5) is 0 Å². The molecule has 0 aliphatic rings. The fraction of sp³-hybridized carbons (Fsp3) is 0.536. The Morgan fingerprint density at radius 1 is 0.689 bits per heavy atom. The number of carbonyl (C=O) groups excluding carboxylic acids is 5. The van der Waals surface area contributed by atoms with E-state index < -0.39 is 91.1 Å². The van der Waals surface area contributed by atoms with Gasteiger partial charge in [-0.15, -0.1) is 0 Å². The molecule has 0 radical (unpaired) electrons. The van der Waals surface area contributed by atoms with Gasteiger partial charge in [0.05, 0.1) is 12.6 Å². The summed E-state index contributed by atoms with van der Waals surface area (Å²) < 4.78 is 0. The molecule has 1 aromatic rings. The maximum absolute atomic E-state index is 13.4. The van der Waals surface area contributed by atoms with E-state index in [1.54, 1.807) is 30.3 Å². The lowest BCUT2D eigenvalue weighted by molar-refractivity contribution is -0.143. The molecule has 13 N–H and O–H groups in total. The number of carbonyl (C=O) groups is 7. The van der Waals surface area contributed by atoms with E-state index in [-0.39, 0.29) is 19.3 Å². The van der Waals surface area contributed by atoms with Crippen LogP contribution in [0.25, 0.3) is 0 Å². The summed E-state index contributed by atoms with van der Waals surface area (Å²) in [4.78, 5) is 85.8. The van der Waals surface area contributed by atoms with Gasteiger partial charge in [-0.05, 0) is 37.8 Å². The first-order chi connectivity index (χ1) is 21.3. The van der Waals surface area contributed by atoms with Crippen molar-refractivity contribution in [1.82, 2.24) is 21.3 Å². The largest absolute Gasteiger partial charge is 0.481 e. The number of unbranched alkanes of at least 4 members (excludes halogenated alkanes) is 1. The van der Waals surface area contributed by atoms with E-state index in [2.05, 4.69) is 16.0 Å². The molecule has 0 heterocycles. The third-order valence-corrected chi connectivity index (χ3v) is 6.61. The highest BCUT2D eigenvalue weighted by Gasteiger charge is 2.32. The van der Waals surface area contributed by atoms with Gasteiger partial charge in [-0.3, -0.25) is 28.8 Å². The summed E-state index contributed by atoms with van der Waals surface area (Å²) in [5.74, 6) is -7.25. The molecule has 1 rings (SSSR count). The lowest BCUT2D eigenvalue weighted by Crippen LogP contribution is -2.59. The number of nitrogens with one attached hydrogen (secondary N) is 4. The van der Waals surface area contributed by atoms with Gasteiger partial charge in [-0.25, -0.2) is 4.79 Å². The lowest BCUT2D eigenvalue weighted by atomic mass is 10.0. The molecule has 1 aromatic carbocycles. The summed E-state index contributed by atoms with van der Waals surface area (Å²) in [6.07, 6.45) is -0.179. The highest BCUT2D eigenvalue weighted by molar-refractivity contribution is 5.95. The predicted molar refractivity (Wildman–Crippen MR) is 159 cm³/mol. The molecular formula is C28H43N7O10. The van der Waals surface area contributed by atoms with Crippen LogP contribution in [0.1, 0.15) is 50.5 Å². The van der Waals surface area contributed by atoms with Crippen LogP contribution in [0.3, 0.4) is 0 Å². The van der Waals surface area contributed by atoms with Gasteiger partial charge < -0.3 is 53.8 Å². The second kappa shape index (κ2) is 20.4. The van der Waals surface area contributed by atoms with Gasteiger partial charge in [0.2, 0.25) is 29.5 Å². The molecule has 5 amide bonds. The van der Waals surface area contributed by atoms with Crippen molar-refractivity contribution < 1.29 is 48.9 Å². The van der Waals surface area contributed by atoms with Gasteiger partial charge in [-0.1, -0.05) is 36.8 Å². The number of amides is 5. The predicted octanol–water partition coefficient (Wildman–Crippen LogP) is -3.17. The van der Waals surface area contributed by atoms with Crippen molar-refractivity contribution in [3.63, 3.8) is 0 Å². The van der Waals surface area contributed by atoms with E-state index in [9.17, 15) is 43.8 Å². The number of hydrogen-bond acceptors (Lipinski definition) is 10. The maximum Gasteiger partial charge on any atom is 0.326 e. The normalized spacial score (nSPS) is 14.1. The molecule has 0 spiro atoms. The quantitative estimate of drug-likeness (QED) is 0.0563. The summed E-state index contributed by atoms with van der Waals surface area (Å²) >= 11 is 0. The number of rotatable bonds is 22. The molecule has 0 aromatic heterocycles. The molecule has 17 nitrogen and oxygen atoms in total. The van der Waals surface area contributed by atoms with Gasteiger partial charge in [0.25, 0.3) is 0 Å². The van der Waals surface area contributed by atoms with Crippen LogP contribution in [-0.4, -0.2) is 100 Å². The van der Waals surface area contributed by atoms with Crippen molar-refractivity contribution in [3.05, 3.63) is 35.9 Å². The Balaban J connectivity index is 3.13. The van der Waals surface area contributed by atoms with Crippen molar-refractivity contribution >= 4 is 41.5 Å². The summed E-state index contributed by atoms with van der Waals surface area (Å²) in [5.41, 5.74) is 17.4. The van der Waals surface area contributed by atoms with E-state index in [0.717, 1.165) is 0 Å². The minimum absolute atomic E-state index is 0.00663. The molecule has 0 fully saturated rings. The lowest BCUT2D eigenvalue weighted by Gasteiger charge is -2.26. The zero-order chi connectivity index (χ0) is 33.9. The molecule has 5 atom stereocenters. The number of benzene rings is 1. The maximum atomic E-state index is 13.4. The van der Waals surface area contributed by atoms with E-state index in [4.69, 9.17) is 22.3 Å². The molecule has 0 saturated heterocycles. The Morgan fingerprint density at radius 2 is 1.22 bits per heavy atom. The monoisotopic (exact) mass is 637 g/mol. The Kier molecular flexibility index (Phi) is 17.4. The minimum Gasteiger partial charge on any atom is -0.481 e. The van der Waals surface area contributed by atoms with Crippen LogP contribution < -0.4 is 38.5 Å². The van der Waals surface area contributed by atoms with Crippen LogP contribution >= 0.6 is 0 Å². The number of hydrogen-bond donors (Lipinski definition) is 10. The molecule has 17 heteroatoms. The van der Waals surface area contributed by atoms with Crippen LogP contribution in [0.15, 0.2) is 30.3 Å². The minimum atomic E-state index is -1.71. The van der Waals surface area contributed by atoms with Gasteiger partial charge in [0, 0.05) is 19.3 Å². The van der Waals surface area contributed by atoms with Crippen molar-refractivity contribution in [2.45, 2.75) is 81.6 Å². The van der Waals surface area contributed by atoms with Crippen molar-refractivity contribution in [3.8, 4) is 0 Å². The third kappa shape index (κ3) is 15.1. The van der Waals surface area contributed by atoms with Crippen LogP contribution in [0.2, 0.25) is 0 Å². The first kappa shape index (κ1) is 38.4. The van der Waals surface area contributed by atoms with Crippen LogP contribution in [-0.2, 0) is 40.0 Å². The molecule has 45 heavy (non-hydrogen) atoms. The summed E-state index contributed by atoms with van der Waals surface area (Å²) in [6.45, 7) is -0.570. The number of nitrogens with two attached hydrogens (primary N) is 3. The second-order valence-electron chi connectivity index (χ2n) is 10.3. The average molecular weight is 638 g/mol. The zero-order valence-electron chi connectivity index (χ0n) is 24.8. The fourth-order valence-electron chi connectivity index (χ4n) is 4.07. The summed E-state index contributed by atoms with van der Waals surface area (Å²) in [7, 11) is 0. The van der Waals surface area contributed by atoms with Crippen molar-refractivity contribution in [1.29, 1.82) is 0 Å². The second-order valence-corrected chi connectivity index (χ2v) is 10.3. The average Bonchev–Trinajstić information content (AvgIpc) is 2.99. The standard InChI is InChI=1S/C28H43N7O10/c29-13-5-4-8-17(30)24(40)34-20(14-16-6-2-1-3-7-16)26(42)32-18(9-11-22(31)37)25(41)35-21(15-36)27(43)33-19(28(44)45)10-12-23(38)39/h1-3,6-7,17-21,36H,4-5,8-15,29-30H2,(H2,31,37)(H,32,42)(H,33,43)(H,34,40)(H,35,41)(H,38,39)(H,44,45)/t17-,18-,19-,20-,21-/m0/s1. The van der Waals surface area contributed by atoms with E-state index in [1.807, 2.05) is 5.32 Å². The molecule has 0 aliphatic carbocycles. The van der Waals surface area contributed by atoms with Crippen molar-refractivity contribution in [2.75, 3.05) is 13.2 Å². The highest BCUT2D eigenvalue weighted by Crippen LogP contribution is 2.08. The highest BCUT2D eigenvalue weighted by atomic mass is 16.4. The Bertz CT molecular complexity index is 1170. The molecule has 0 bridgehead atoms. The van der Waals surface area contributed by atoms with E-state index in [1.165, 1.54) is 0 Å². The fourth-order valence-corrected chi connectivity index (χ4v) is 4.07. The summed E-state index contributed by atoms with van der Waals surface area (Å²) in [5, 5.41) is 37.1. The molecule has 0 unspecified atom stereocenters. The first-order valence-corrected chi connectivity index (χ1v) is 14.3.